The molecule has 2 heterocycles. The fourth-order valence-electron chi connectivity index (χ4n) is 2.64. The van der Waals surface area contributed by atoms with Crippen molar-refractivity contribution in [3.8, 4) is 0 Å². The number of aryl methyl sites for hydroxylation is 1. The minimum Gasteiger partial charge on any atom is -0.444 e. The van der Waals surface area contributed by atoms with Crippen molar-refractivity contribution in [2.45, 2.75) is 46.6 Å². The third-order valence-corrected chi connectivity index (χ3v) is 3.97. The van der Waals surface area contributed by atoms with E-state index in [-0.39, 0.29) is 11.9 Å². The van der Waals surface area contributed by atoms with Crippen LogP contribution in [-0.4, -0.2) is 53.5 Å². The number of Topliss-reactive ketones (excluding diaryl/α,β-unsaturated/α-hetero) is 1. The van der Waals surface area contributed by atoms with E-state index in [4.69, 9.17) is 4.74 Å². The highest BCUT2D eigenvalue weighted by molar-refractivity contribution is 5.97. The van der Waals surface area contributed by atoms with Crippen molar-refractivity contribution >= 4 is 17.7 Å². The Morgan fingerprint density at radius 1 is 1.21 bits per heavy atom. The quantitative estimate of drug-likeness (QED) is 0.796. The molecule has 1 aromatic heterocycles. The summed E-state index contributed by atoms with van der Waals surface area (Å²) in [5.74, 6) is 0.963. The highest BCUT2D eigenvalue weighted by atomic mass is 16.6. The fraction of sp³-hybridized carbons (Fsp3) is 0.611. The molecule has 1 aliphatic heterocycles. The summed E-state index contributed by atoms with van der Waals surface area (Å²) in [6.45, 7) is 12.0. The van der Waals surface area contributed by atoms with Gasteiger partial charge in [0.05, 0.1) is 0 Å². The van der Waals surface area contributed by atoms with Gasteiger partial charge in [0.25, 0.3) is 0 Å². The maximum atomic E-state index is 12.1. The van der Waals surface area contributed by atoms with Gasteiger partial charge in [-0.25, -0.2) is 9.78 Å². The van der Waals surface area contributed by atoms with Gasteiger partial charge in [0, 0.05) is 44.4 Å². The number of hydrogen-bond donors (Lipinski definition) is 0. The number of carbonyl (C=O) groups excluding carboxylic acids is 2. The number of anilines is 1. The Kier molecular flexibility index (Phi) is 5.47. The molecule has 0 atom stereocenters. The van der Waals surface area contributed by atoms with Crippen molar-refractivity contribution in [2.24, 2.45) is 0 Å². The van der Waals surface area contributed by atoms with Gasteiger partial charge in [0.1, 0.15) is 11.4 Å². The van der Waals surface area contributed by atoms with Gasteiger partial charge in [-0.1, -0.05) is 6.92 Å². The number of rotatable bonds is 3. The van der Waals surface area contributed by atoms with Crippen molar-refractivity contribution in [1.82, 2.24) is 9.88 Å². The van der Waals surface area contributed by atoms with Crippen LogP contribution >= 0.6 is 0 Å². The summed E-state index contributed by atoms with van der Waals surface area (Å²) in [5.41, 5.74) is 1.16. The first-order chi connectivity index (χ1) is 11.2. The first kappa shape index (κ1) is 18.2. The van der Waals surface area contributed by atoms with Crippen LogP contribution in [0.15, 0.2) is 12.3 Å². The number of hydrogen-bond acceptors (Lipinski definition) is 5. The maximum absolute atomic E-state index is 12.1. The maximum Gasteiger partial charge on any atom is 0.410 e. The van der Waals surface area contributed by atoms with E-state index in [0.717, 1.165) is 11.4 Å². The molecule has 0 spiro atoms. The van der Waals surface area contributed by atoms with Gasteiger partial charge in [-0.2, -0.15) is 0 Å². The zero-order valence-corrected chi connectivity index (χ0v) is 15.3. The lowest BCUT2D eigenvalue weighted by Gasteiger charge is -2.36. The molecule has 2 rings (SSSR count). The minimum atomic E-state index is -0.478. The van der Waals surface area contributed by atoms with Gasteiger partial charge in [-0.05, 0) is 39.3 Å². The zero-order chi connectivity index (χ0) is 17.9. The molecule has 1 aliphatic rings. The number of amides is 1. The third-order valence-electron chi connectivity index (χ3n) is 3.97. The molecule has 1 aromatic rings. The van der Waals surface area contributed by atoms with E-state index in [1.807, 2.05) is 40.7 Å². The van der Waals surface area contributed by atoms with Crippen molar-refractivity contribution in [2.75, 3.05) is 31.1 Å². The molecule has 6 nitrogen and oxygen atoms in total. The molecule has 0 saturated carbocycles. The minimum absolute atomic E-state index is 0.112. The summed E-state index contributed by atoms with van der Waals surface area (Å²) < 4.78 is 5.41. The SMILES string of the molecule is CCC(=O)c1cnc(N2CCN(C(=O)OC(C)(C)C)CC2)cc1C. The van der Waals surface area contributed by atoms with E-state index in [0.29, 0.717) is 38.2 Å². The molecule has 0 aromatic carbocycles. The van der Waals surface area contributed by atoms with Crippen LogP contribution in [-0.2, 0) is 4.74 Å². The van der Waals surface area contributed by atoms with Crippen LogP contribution in [0.2, 0.25) is 0 Å². The van der Waals surface area contributed by atoms with Crippen LogP contribution in [0.25, 0.3) is 0 Å². The molecule has 1 amide bonds. The van der Waals surface area contributed by atoms with Gasteiger partial charge in [-0.3, -0.25) is 4.79 Å². The molecular weight excluding hydrogens is 306 g/mol. The number of ketones is 1. The molecule has 0 unspecified atom stereocenters. The summed E-state index contributed by atoms with van der Waals surface area (Å²) in [5, 5.41) is 0. The van der Waals surface area contributed by atoms with E-state index >= 15 is 0 Å². The summed E-state index contributed by atoms with van der Waals surface area (Å²) in [7, 11) is 0. The van der Waals surface area contributed by atoms with E-state index in [1.165, 1.54) is 0 Å². The Hall–Kier alpha value is -2.11. The summed E-state index contributed by atoms with van der Waals surface area (Å²) in [4.78, 5) is 32.2. The predicted octanol–water partition coefficient (Wildman–Crippen LogP) is 3.04. The second-order valence-corrected chi connectivity index (χ2v) is 7.09. The Labute approximate surface area is 143 Å². The van der Waals surface area contributed by atoms with Crippen LogP contribution in [0.4, 0.5) is 10.6 Å². The molecular formula is C18H27N3O3. The number of nitrogens with zero attached hydrogens (tertiary/aromatic N) is 3. The number of pyridine rings is 1. The van der Waals surface area contributed by atoms with Crippen molar-refractivity contribution in [3.63, 3.8) is 0 Å². The van der Waals surface area contributed by atoms with Crippen molar-refractivity contribution < 1.29 is 14.3 Å². The Balaban J connectivity index is 1.98. The first-order valence-corrected chi connectivity index (χ1v) is 8.44. The molecule has 0 N–H and O–H groups in total. The number of carbonyl (C=O) groups is 2. The van der Waals surface area contributed by atoms with Gasteiger partial charge >= 0.3 is 6.09 Å². The lowest BCUT2D eigenvalue weighted by Crippen LogP contribution is -2.50. The summed E-state index contributed by atoms with van der Waals surface area (Å²) >= 11 is 0. The van der Waals surface area contributed by atoms with E-state index < -0.39 is 5.60 Å². The number of aromatic nitrogens is 1. The van der Waals surface area contributed by atoms with Crippen molar-refractivity contribution in [1.29, 1.82) is 0 Å². The zero-order valence-electron chi connectivity index (χ0n) is 15.3. The topological polar surface area (TPSA) is 62.7 Å². The predicted molar refractivity (Wildman–Crippen MR) is 93.6 cm³/mol. The molecule has 0 radical (unpaired) electrons. The van der Waals surface area contributed by atoms with Gasteiger partial charge in [0.15, 0.2) is 5.78 Å². The lowest BCUT2D eigenvalue weighted by molar-refractivity contribution is 0.0240. The van der Waals surface area contributed by atoms with Crippen molar-refractivity contribution in [3.05, 3.63) is 23.4 Å². The van der Waals surface area contributed by atoms with Gasteiger partial charge < -0.3 is 14.5 Å². The van der Waals surface area contributed by atoms with E-state index in [9.17, 15) is 9.59 Å². The average molecular weight is 333 g/mol. The van der Waals surface area contributed by atoms with Gasteiger partial charge in [0.2, 0.25) is 0 Å². The average Bonchev–Trinajstić information content (AvgIpc) is 2.52. The highest BCUT2D eigenvalue weighted by Crippen LogP contribution is 2.19. The smallest absolute Gasteiger partial charge is 0.410 e. The molecule has 0 aliphatic carbocycles. The highest BCUT2D eigenvalue weighted by Gasteiger charge is 2.26. The second-order valence-electron chi connectivity index (χ2n) is 7.09. The molecule has 1 fully saturated rings. The van der Waals surface area contributed by atoms with Crippen LogP contribution in [0.3, 0.4) is 0 Å². The molecule has 24 heavy (non-hydrogen) atoms. The number of ether oxygens (including phenoxy) is 1. The summed E-state index contributed by atoms with van der Waals surface area (Å²) in [6.07, 6.45) is 1.88. The molecule has 0 bridgehead atoms. The van der Waals surface area contributed by atoms with E-state index in [1.54, 1.807) is 11.1 Å². The molecule has 132 valence electrons. The monoisotopic (exact) mass is 333 g/mol. The molecule has 6 heteroatoms. The summed E-state index contributed by atoms with van der Waals surface area (Å²) in [6, 6.07) is 1.95. The van der Waals surface area contributed by atoms with E-state index in [2.05, 4.69) is 9.88 Å². The lowest BCUT2D eigenvalue weighted by atomic mass is 10.1. The van der Waals surface area contributed by atoms with Crippen LogP contribution < -0.4 is 4.90 Å². The number of piperazine rings is 1. The van der Waals surface area contributed by atoms with Crippen LogP contribution in [0.1, 0.15) is 50.0 Å². The fourth-order valence-corrected chi connectivity index (χ4v) is 2.64. The normalized spacial score (nSPS) is 15.4. The Morgan fingerprint density at radius 2 is 1.83 bits per heavy atom. The Bertz CT molecular complexity index is 614. The second kappa shape index (κ2) is 7.20. The molecule has 1 saturated heterocycles. The first-order valence-electron chi connectivity index (χ1n) is 8.44. The van der Waals surface area contributed by atoms with Crippen LogP contribution in [0, 0.1) is 6.92 Å². The standard InChI is InChI=1S/C18H27N3O3/c1-6-15(22)14-12-19-16(11-13(14)2)20-7-9-21(10-8-20)17(23)24-18(3,4)5/h11-12H,6-10H2,1-5H3. The Morgan fingerprint density at radius 3 is 2.33 bits per heavy atom. The largest absolute Gasteiger partial charge is 0.444 e. The van der Waals surface area contributed by atoms with Crippen LogP contribution in [0.5, 0.6) is 0 Å². The van der Waals surface area contributed by atoms with Gasteiger partial charge in [-0.15, -0.1) is 0 Å². The third kappa shape index (κ3) is 4.46.